The number of ether oxygens (including phenoxy) is 1. The van der Waals surface area contributed by atoms with Gasteiger partial charge in [-0.05, 0) is 36.4 Å². The molecule has 3 rings (SSSR count). The van der Waals surface area contributed by atoms with Crippen molar-refractivity contribution < 1.29 is 17.9 Å². The molecule has 1 heterocycles. The van der Waals surface area contributed by atoms with Gasteiger partial charge in [0, 0.05) is 13.0 Å². The van der Waals surface area contributed by atoms with E-state index in [4.69, 9.17) is 4.74 Å². The van der Waals surface area contributed by atoms with Crippen molar-refractivity contribution in [3.05, 3.63) is 48.5 Å². The molecule has 0 saturated carbocycles. The van der Waals surface area contributed by atoms with E-state index in [0.29, 0.717) is 16.8 Å². The predicted molar refractivity (Wildman–Crippen MR) is 91.0 cm³/mol. The molecule has 2 aromatic carbocycles. The number of nitrogens with one attached hydrogen (secondary N) is 1. The zero-order chi connectivity index (χ0) is 17.9. The van der Waals surface area contributed by atoms with Crippen LogP contribution in [-0.4, -0.2) is 43.0 Å². The largest absolute Gasteiger partial charge is 0.497 e. The smallest absolute Gasteiger partial charge is 0.250 e. The second-order valence-electron chi connectivity index (χ2n) is 5.21. The maximum Gasteiger partial charge on any atom is 0.250 e. The predicted octanol–water partition coefficient (Wildman–Crippen LogP) is 1.45. The van der Waals surface area contributed by atoms with Gasteiger partial charge in [-0.15, -0.1) is 5.10 Å². The van der Waals surface area contributed by atoms with Crippen LogP contribution in [0.3, 0.4) is 0 Å². The summed E-state index contributed by atoms with van der Waals surface area (Å²) in [6.45, 7) is -0.0403. The summed E-state index contributed by atoms with van der Waals surface area (Å²) in [7, 11) is -2.19. The molecule has 1 N–H and O–H groups in total. The highest BCUT2D eigenvalue weighted by Gasteiger charge is 2.16. The number of hydrogen-bond acceptors (Lipinski definition) is 6. The summed E-state index contributed by atoms with van der Waals surface area (Å²) in [5, 5.41) is 7.72. The van der Waals surface area contributed by atoms with Crippen LogP contribution in [0.1, 0.15) is 11.2 Å². The van der Waals surface area contributed by atoms with Gasteiger partial charge in [-0.2, -0.15) is 4.68 Å². The Labute approximate surface area is 144 Å². The third kappa shape index (κ3) is 3.67. The van der Waals surface area contributed by atoms with Crippen LogP contribution >= 0.6 is 0 Å². The number of hydrogen-bond donors (Lipinski definition) is 1. The summed E-state index contributed by atoms with van der Waals surface area (Å²) in [5.41, 5.74) is 1.19. The molecule has 0 amide bonds. The van der Waals surface area contributed by atoms with Crippen LogP contribution in [0.2, 0.25) is 0 Å². The minimum absolute atomic E-state index is 0.0389. The Bertz CT molecular complexity index is 996. The first kappa shape index (κ1) is 17.1. The van der Waals surface area contributed by atoms with E-state index in [9.17, 15) is 13.2 Å². The lowest BCUT2D eigenvalue weighted by Gasteiger charge is -2.07. The zero-order valence-corrected chi connectivity index (χ0v) is 14.2. The molecule has 1 aromatic heterocycles. The highest BCUT2D eigenvalue weighted by Crippen LogP contribution is 2.15. The van der Waals surface area contributed by atoms with Gasteiger partial charge in [-0.1, -0.05) is 17.3 Å². The van der Waals surface area contributed by atoms with Gasteiger partial charge in [0.1, 0.15) is 11.3 Å². The quantitative estimate of drug-likeness (QED) is 0.714. The molecule has 0 aliphatic heterocycles. The van der Waals surface area contributed by atoms with Crippen LogP contribution in [-0.2, 0) is 10.0 Å². The van der Waals surface area contributed by atoms with E-state index in [-0.39, 0.29) is 23.8 Å². The standard InChI is InChI=1S/C16H16N4O4S/c1-24-12-6-8-13(9-7-12)25(22,23)17-11-10-16(21)20-15-5-3-2-4-14(15)18-19-20/h2-9,17H,10-11H2,1H3. The van der Waals surface area contributed by atoms with Crippen LogP contribution in [0.25, 0.3) is 11.0 Å². The lowest BCUT2D eigenvalue weighted by molar-refractivity contribution is 0.0892. The molecule has 9 heteroatoms. The SMILES string of the molecule is COc1ccc(S(=O)(=O)NCCC(=O)n2nnc3ccccc32)cc1. The summed E-state index contributed by atoms with van der Waals surface area (Å²) in [6, 6.07) is 13.0. The maximum atomic E-state index is 12.2. The average Bonchev–Trinajstić information content (AvgIpc) is 3.06. The lowest BCUT2D eigenvalue weighted by atomic mass is 10.3. The van der Waals surface area contributed by atoms with Crippen molar-refractivity contribution in [2.24, 2.45) is 0 Å². The number of para-hydroxylation sites is 1. The number of nitrogens with zero attached hydrogens (tertiary/aromatic N) is 3. The van der Waals surface area contributed by atoms with Crippen molar-refractivity contribution in [3.8, 4) is 5.75 Å². The summed E-state index contributed by atoms with van der Waals surface area (Å²) in [6.07, 6.45) is -0.0389. The molecule has 0 atom stereocenters. The monoisotopic (exact) mass is 360 g/mol. The first-order valence-electron chi connectivity index (χ1n) is 7.48. The number of benzene rings is 2. The molecule has 0 fully saturated rings. The molecule has 0 bridgehead atoms. The summed E-state index contributed by atoms with van der Waals surface area (Å²) in [4.78, 5) is 12.3. The van der Waals surface area contributed by atoms with Gasteiger partial charge in [0.05, 0.1) is 17.5 Å². The first-order chi connectivity index (χ1) is 12.0. The van der Waals surface area contributed by atoms with Crippen LogP contribution < -0.4 is 9.46 Å². The minimum Gasteiger partial charge on any atom is -0.497 e. The summed E-state index contributed by atoms with van der Waals surface area (Å²) in [5.74, 6) is 0.221. The highest BCUT2D eigenvalue weighted by molar-refractivity contribution is 7.89. The van der Waals surface area contributed by atoms with Crippen molar-refractivity contribution >= 4 is 27.0 Å². The van der Waals surface area contributed by atoms with Crippen LogP contribution in [0.4, 0.5) is 0 Å². The van der Waals surface area contributed by atoms with E-state index in [2.05, 4.69) is 15.0 Å². The van der Waals surface area contributed by atoms with Gasteiger partial charge < -0.3 is 4.74 Å². The summed E-state index contributed by atoms with van der Waals surface area (Å²) < 4.78 is 33.0. The van der Waals surface area contributed by atoms with Gasteiger partial charge in [-0.3, -0.25) is 4.79 Å². The van der Waals surface area contributed by atoms with Crippen molar-refractivity contribution in [2.75, 3.05) is 13.7 Å². The molecule has 8 nitrogen and oxygen atoms in total. The van der Waals surface area contributed by atoms with Crippen molar-refractivity contribution in [2.45, 2.75) is 11.3 Å². The molecule has 3 aromatic rings. The van der Waals surface area contributed by atoms with Crippen molar-refractivity contribution in [1.29, 1.82) is 0 Å². The second kappa shape index (κ2) is 6.99. The number of fused-ring (bicyclic) bond motifs is 1. The van der Waals surface area contributed by atoms with Gasteiger partial charge in [0.25, 0.3) is 0 Å². The molecule has 0 spiro atoms. The molecule has 0 saturated heterocycles. The fourth-order valence-corrected chi connectivity index (χ4v) is 3.32. The number of aromatic nitrogens is 3. The van der Waals surface area contributed by atoms with E-state index in [0.717, 1.165) is 0 Å². The number of carbonyl (C=O) groups excluding carboxylic acids is 1. The van der Waals surface area contributed by atoms with E-state index in [1.54, 1.807) is 36.4 Å². The molecule has 25 heavy (non-hydrogen) atoms. The molecular formula is C16H16N4O4S. The molecule has 0 aliphatic carbocycles. The van der Waals surface area contributed by atoms with Crippen LogP contribution in [0, 0.1) is 0 Å². The molecule has 0 aliphatic rings. The van der Waals surface area contributed by atoms with Gasteiger partial charge in [0.15, 0.2) is 0 Å². The van der Waals surface area contributed by atoms with E-state index >= 15 is 0 Å². The number of sulfonamides is 1. The van der Waals surface area contributed by atoms with E-state index in [1.807, 2.05) is 0 Å². The Morgan fingerprint density at radius 3 is 2.60 bits per heavy atom. The maximum absolute atomic E-state index is 12.2. The summed E-state index contributed by atoms with van der Waals surface area (Å²) >= 11 is 0. The average molecular weight is 360 g/mol. The Hall–Kier alpha value is -2.78. The molecule has 0 radical (unpaired) electrons. The topological polar surface area (TPSA) is 103 Å². The second-order valence-corrected chi connectivity index (χ2v) is 6.97. The number of carbonyl (C=O) groups is 1. The Kier molecular flexibility index (Phi) is 4.77. The number of methoxy groups -OCH3 is 1. The van der Waals surface area contributed by atoms with Gasteiger partial charge in [0.2, 0.25) is 15.9 Å². The molecular weight excluding hydrogens is 344 g/mol. The highest BCUT2D eigenvalue weighted by atomic mass is 32.2. The first-order valence-corrected chi connectivity index (χ1v) is 8.97. The Morgan fingerprint density at radius 2 is 1.88 bits per heavy atom. The fourth-order valence-electron chi connectivity index (χ4n) is 2.29. The van der Waals surface area contributed by atoms with Crippen molar-refractivity contribution in [1.82, 2.24) is 19.7 Å². The van der Waals surface area contributed by atoms with Crippen molar-refractivity contribution in [3.63, 3.8) is 0 Å². The van der Waals surface area contributed by atoms with E-state index in [1.165, 1.54) is 23.9 Å². The van der Waals surface area contributed by atoms with Gasteiger partial charge >= 0.3 is 0 Å². The third-order valence-electron chi connectivity index (χ3n) is 3.59. The Morgan fingerprint density at radius 1 is 1.16 bits per heavy atom. The Balaban J connectivity index is 1.64. The van der Waals surface area contributed by atoms with E-state index < -0.39 is 10.0 Å². The minimum atomic E-state index is -3.70. The zero-order valence-electron chi connectivity index (χ0n) is 13.4. The fraction of sp³-hybridized carbons (Fsp3) is 0.188. The lowest BCUT2D eigenvalue weighted by Crippen LogP contribution is -2.27. The third-order valence-corrected chi connectivity index (χ3v) is 5.07. The van der Waals surface area contributed by atoms with Crippen LogP contribution in [0.15, 0.2) is 53.4 Å². The van der Waals surface area contributed by atoms with Gasteiger partial charge in [-0.25, -0.2) is 13.1 Å². The van der Waals surface area contributed by atoms with Crippen LogP contribution in [0.5, 0.6) is 5.75 Å². The normalized spacial score (nSPS) is 11.6. The number of rotatable bonds is 6. The molecule has 0 unspecified atom stereocenters. The molecule has 130 valence electrons.